The van der Waals surface area contributed by atoms with Crippen LogP contribution in [0.25, 0.3) is 0 Å². The summed E-state index contributed by atoms with van der Waals surface area (Å²) in [5.74, 6) is -0.277. The minimum atomic E-state index is -3.87. The van der Waals surface area contributed by atoms with E-state index in [0.29, 0.717) is 24.3 Å². The SMILES string of the molecule is Cc1cc(C)c(S(=O)(=O)Cl)cc1C(=O)NC1CCOCC1. The number of rotatable bonds is 3. The van der Waals surface area contributed by atoms with Gasteiger partial charge in [-0.1, -0.05) is 6.07 Å². The molecule has 116 valence electrons. The van der Waals surface area contributed by atoms with Crippen LogP contribution in [0.2, 0.25) is 0 Å². The number of halogens is 1. The molecular formula is C14H18ClNO4S. The van der Waals surface area contributed by atoms with E-state index >= 15 is 0 Å². The summed E-state index contributed by atoms with van der Waals surface area (Å²) < 4.78 is 28.3. The van der Waals surface area contributed by atoms with E-state index in [0.717, 1.165) is 18.4 Å². The smallest absolute Gasteiger partial charge is 0.261 e. The molecule has 1 aromatic rings. The number of carbonyl (C=O) groups excluding carboxylic acids is 1. The third-order valence-electron chi connectivity index (χ3n) is 3.59. The predicted molar refractivity (Wildman–Crippen MR) is 80.3 cm³/mol. The highest BCUT2D eigenvalue weighted by molar-refractivity contribution is 8.13. The lowest BCUT2D eigenvalue weighted by Crippen LogP contribution is -2.39. The lowest BCUT2D eigenvalue weighted by atomic mass is 10.0. The van der Waals surface area contributed by atoms with Gasteiger partial charge in [-0.3, -0.25) is 4.79 Å². The maximum atomic E-state index is 12.3. The third kappa shape index (κ3) is 3.96. The molecule has 1 fully saturated rings. The molecule has 0 saturated carbocycles. The van der Waals surface area contributed by atoms with E-state index in [-0.39, 0.29) is 16.8 Å². The molecule has 0 bridgehead atoms. The largest absolute Gasteiger partial charge is 0.381 e. The van der Waals surface area contributed by atoms with Crippen molar-refractivity contribution < 1.29 is 17.9 Å². The van der Waals surface area contributed by atoms with Gasteiger partial charge in [-0.05, 0) is 43.9 Å². The molecule has 5 nitrogen and oxygen atoms in total. The first-order chi connectivity index (χ1) is 9.79. The molecular weight excluding hydrogens is 314 g/mol. The molecule has 2 rings (SSSR count). The molecule has 0 unspecified atom stereocenters. The average Bonchev–Trinajstić information content (AvgIpc) is 2.38. The summed E-state index contributed by atoms with van der Waals surface area (Å²) in [5.41, 5.74) is 1.59. The standard InChI is InChI=1S/C14H18ClNO4S/c1-9-7-10(2)13(21(15,18)19)8-12(9)14(17)16-11-3-5-20-6-4-11/h7-8,11H,3-6H2,1-2H3,(H,16,17). The molecule has 21 heavy (non-hydrogen) atoms. The fourth-order valence-electron chi connectivity index (χ4n) is 2.44. The second-order valence-electron chi connectivity index (χ2n) is 5.23. The number of ether oxygens (including phenoxy) is 1. The molecule has 1 N–H and O–H groups in total. The normalized spacial score (nSPS) is 16.7. The summed E-state index contributed by atoms with van der Waals surface area (Å²) in [6.07, 6.45) is 1.52. The first kappa shape index (κ1) is 16.3. The van der Waals surface area contributed by atoms with Crippen LogP contribution in [0.15, 0.2) is 17.0 Å². The molecule has 1 aromatic carbocycles. The van der Waals surface area contributed by atoms with Crippen molar-refractivity contribution in [2.45, 2.75) is 37.6 Å². The van der Waals surface area contributed by atoms with Crippen molar-refractivity contribution in [1.29, 1.82) is 0 Å². The van der Waals surface area contributed by atoms with Gasteiger partial charge in [-0.25, -0.2) is 8.42 Å². The minimum Gasteiger partial charge on any atom is -0.381 e. The Balaban J connectivity index is 2.28. The highest BCUT2D eigenvalue weighted by Crippen LogP contribution is 2.24. The Kier molecular flexibility index (Phi) is 4.91. The van der Waals surface area contributed by atoms with Crippen molar-refractivity contribution in [3.05, 3.63) is 28.8 Å². The Hall–Kier alpha value is -1.11. The van der Waals surface area contributed by atoms with Gasteiger partial charge in [0.1, 0.15) is 0 Å². The van der Waals surface area contributed by atoms with Crippen molar-refractivity contribution in [2.24, 2.45) is 0 Å². The quantitative estimate of drug-likeness (QED) is 0.861. The lowest BCUT2D eigenvalue weighted by molar-refractivity contribution is 0.0696. The van der Waals surface area contributed by atoms with Gasteiger partial charge >= 0.3 is 0 Å². The molecule has 7 heteroatoms. The number of carbonyl (C=O) groups is 1. The van der Waals surface area contributed by atoms with Gasteiger partial charge in [0, 0.05) is 35.5 Å². The number of benzene rings is 1. The van der Waals surface area contributed by atoms with Crippen molar-refractivity contribution >= 4 is 25.6 Å². The molecule has 1 aliphatic heterocycles. The fraction of sp³-hybridized carbons (Fsp3) is 0.500. The maximum absolute atomic E-state index is 12.3. The summed E-state index contributed by atoms with van der Waals surface area (Å²) in [4.78, 5) is 12.3. The number of nitrogens with one attached hydrogen (secondary N) is 1. The summed E-state index contributed by atoms with van der Waals surface area (Å²) in [5, 5.41) is 2.92. The highest BCUT2D eigenvalue weighted by Gasteiger charge is 2.21. The monoisotopic (exact) mass is 331 g/mol. The zero-order chi connectivity index (χ0) is 15.6. The maximum Gasteiger partial charge on any atom is 0.261 e. The number of aryl methyl sites for hydroxylation is 2. The van der Waals surface area contributed by atoms with Crippen LogP contribution in [0, 0.1) is 13.8 Å². The van der Waals surface area contributed by atoms with Gasteiger partial charge in [-0.15, -0.1) is 0 Å². The molecule has 0 atom stereocenters. The van der Waals surface area contributed by atoms with E-state index in [1.807, 2.05) is 0 Å². The number of hydrogen-bond acceptors (Lipinski definition) is 4. The van der Waals surface area contributed by atoms with Crippen LogP contribution in [0.3, 0.4) is 0 Å². The van der Waals surface area contributed by atoms with Crippen LogP contribution < -0.4 is 5.32 Å². The molecule has 0 spiro atoms. The van der Waals surface area contributed by atoms with Gasteiger partial charge in [-0.2, -0.15) is 0 Å². The summed E-state index contributed by atoms with van der Waals surface area (Å²) in [6.45, 7) is 4.68. The minimum absolute atomic E-state index is 0.0214. The number of amides is 1. The van der Waals surface area contributed by atoms with Gasteiger partial charge in [0.2, 0.25) is 0 Å². The van der Waals surface area contributed by atoms with Gasteiger partial charge in [0.25, 0.3) is 15.0 Å². The zero-order valence-electron chi connectivity index (χ0n) is 12.0. The summed E-state index contributed by atoms with van der Waals surface area (Å²) >= 11 is 0. The Morgan fingerprint density at radius 3 is 2.43 bits per heavy atom. The highest BCUT2D eigenvalue weighted by atomic mass is 35.7. The lowest BCUT2D eigenvalue weighted by Gasteiger charge is -2.23. The molecule has 1 aliphatic rings. The van der Waals surface area contributed by atoms with Crippen molar-refractivity contribution in [3.63, 3.8) is 0 Å². The van der Waals surface area contributed by atoms with E-state index < -0.39 is 9.05 Å². The predicted octanol–water partition coefficient (Wildman–Crippen LogP) is 2.14. The van der Waals surface area contributed by atoms with Gasteiger partial charge in [0.05, 0.1) is 4.90 Å². The topological polar surface area (TPSA) is 72.5 Å². The third-order valence-corrected chi connectivity index (χ3v) is 5.05. The average molecular weight is 332 g/mol. The molecule has 0 radical (unpaired) electrons. The van der Waals surface area contributed by atoms with Gasteiger partial charge in [0.15, 0.2) is 0 Å². The Labute approximate surface area is 129 Å². The Morgan fingerprint density at radius 1 is 1.24 bits per heavy atom. The molecule has 0 aromatic heterocycles. The first-order valence-corrected chi connectivity index (χ1v) is 9.04. The molecule has 0 aliphatic carbocycles. The van der Waals surface area contributed by atoms with Crippen molar-refractivity contribution in [2.75, 3.05) is 13.2 Å². The van der Waals surface area contributed by atoms with Crippen molar-refractivity contribution in [1.82, 2.24) is 5.32 Å². The van der Waals surface area contributed by atoms with Crippen LogP contribution in [-0.2, 0) is 13.8 Å². The van der Waals surface area contributed by atoms with Crippen LogP contribution in [-0.4, -0.2) is 33.6 Å². The van der Waals surface area contributed by atoms with Crippen LogP contribution in [0.4, 0.5) is 0 Å². The van der Waals surface area contributed by atoms with Crippen LogP contribution >= 0.6 is 10.7 Å². The van der Waals surface area contributed by atoms with E-state index in [9.17, 15) is 13.2 Å². The summed E-state index contributed by atoms with van der Waals surface area (Å²) in [7, 11) is 1.54. The van der Waals surface area contributed by atoms with E-state index in [4.69, 9.17) is 15.4 Å². The molecule has 1 heterocycles. The van der Waals surface area contributed by atoms with E-state index in [1.54, 1.807) is 19.9 Å². The van der Waals surface area contributed by atoms with Gasteiger partial charge < -0.3 is 10.1 Å². The van der Waals surface area contributed by atoms with E-state index in [2.05, 4.69) is 5.32 Å². The Morgan fingerprint density at radius 2 is 1.86 bits per heavy atom. The Bertz CT molecular complexity index is 651. The van der Waals surface area contributed by atoms with Crippen LogP contribution in [0.1, 0.15) is 34.3 Å². The van der Waals surface area contributed by atoms with Crippen LogP contribution in [0.5, 0.6) is 0 Å². The summed E-state index contributed by atoms with van der Waals surface area (Å²) in [6, 6.07) is 3.07. The first-order valence-electron chi connectivity index (χ1n) is 6.73. The fourth-order valence-corrected chi connectivity index (χ4v) is 3.65. The number of hydrogen-bond donors (Lipinski definition) is 1. The zero-order valence-corrected chi connectivity index (χ0v) is 13.6. The van der Waals surface area contributed by atoms with Crippen molar-refractivity contribution in [3.8, 4) is 0 Å². The second-order valence-corrected chi connectivity index (χ2v) is 7.76. The molecule has 1 amide bonds. The molecule has 1 saturated heterocycles. The second kappa shape index (κ2) is 6.34. The van der Waals surface area contributed by atoms with E-state index in [1.165, 1.54) is 6.07 Å².